The van der Waals surface area contributed by atoms with Gasteiger partial charge >= 0.3 is 8.60 Å². The maximum atomic E-state index is 10.6. The summed E-state index contributed by atoms with van der Waals surface area (Å²) < 4.78 is 23.8. The first-order chi connectivity index (χ1) is 15.4. The molecule has 3 aliphatic rings. The molecule has 0 bridgehead atoms. The van der Waals surface area contributed by atoms with E-state index >= 15 is 0 Å². The van der Waals surface area contributed by atoms with Gasteiger partial charge in [-0.15, -0.1) is 0 Å². The Kier molecular flexibility index (Phi) is 7.22. The number of aliphatic hydroxyl groups is 1. The summed E-state index contributed by atoms with van der Waals surface area (Å²) in [6.45, 7) is 14.4. The molecule has 1 aromatic rings. The molecule has 1 aromatic carbocycles. The topological polar surface area (TPSA) is 57.2 Å². The van der Waals surface area contributed by atoms with Gasteiger partial charge in [-0.1, -0.05) is 13.0 Å². The quantitative estimate of drug-likeness (QED) is 0.349. The molecule has 186 valence electrons. The van der Waals surface area contributed by atoms with Gasteiger partial charge in [0.25, 0.3) is 0 Å². The zero-order chi connectivity index (χ0) is 24.0. The second-order valence-electron chi connectivity index (χ2n) is 12.4. The SMILES string of the molecule is CC(C)(C)OP(OCOc1ccc2c(c1)CCC1C2CCC2(C)C(O)CCC12)OC(C)(C)C. The predicted octanol–water partition coefficient (Wildman–Crippen LogP) is 7.11. The molecule has 0 heterocycles. The Labute approximate surface area is 201 Å². The number of rotatable bonds is 6. The highest BCUT2D eigenvalue weighted by Crippen LogP contribution is 2.61. The van der Waals surface area contributed by atoms with Crippen LogP contribution < -0.4 is 4.74 Å². The molecule has 0 amide bonds. The number of ether oxygens (including phenoxy) is 1. The smallest absolute Gasteiger partial charge is 0.336 e. The second-order valence-corrected chi connectivity index (χ2v) is 13.5. The third-order valence-corrected chi connectivity index (χ3v) is 9.44. The molecular formula is C27H43O5P. The van der Waals surface area contributed by atoms with Crippen molar-refractivity contribution in [1.29, 1.82) is 0 Å². The van der Waals surface area contributed by atoms with Gasteiger partial charge in [-0.2, -0.15) is 0 Å². The van der Waals surface area contributed by atoms with E-state index in [1.54, 1.807) is 0 Å². The minimum atomic E-state index is -1.51. The number of aliphatic hydroxyl groups excluding tert-OH is 1. The molecule has 0 saturated heterocycles. The predicted molar refractivity (Wildman–Crippen MR) is 132 cm³/mol. The zero-order valence-electron chi connectivity index (χ0n) is 21.5. The van der Waals surface area contributed by atoms with Gasteiger partial charge in [0, 0.05) is 0 Å². The Hall–Kier alpha value is -0.710. The number of hydrogen-bond acceptors (Lipinski definition) is 5. The number of aryl methyl sites for hydroxylation is 1. The lowest BCUT2D eigenvalue weighted by atomic mass is 9.55. The summed E-state index contributed by atoms with van der Waals surface area (Å²) in [5, 5.41) is 10.6. The van der Waals surface area contributed by atoms with Gasteiger partial charge < -0.3 is 18.9 Å². The van der Waals surface area contributed by atoms with Crippen LogP contribution in [-0.2, 0) is 20.0 Å². The standard InChI is InChI=1S/C27H43O5P/c1-25(2,3)31-33(32-26(4,5)6)30-17-29-19-9-11-20-18(16-19)8-10-22-21(20)14-15-27(7)23(22)12-13-24(27)28/h9,11,16,21-24,28H,8,10,12-15,17H2,1-7H3. The normalized spacial score (nSPS) is 31.8. The third kappa shape index (κ3) is 5.76. The minimum absolute atomic E-state index is 0.0982. The summed E-state index contributed by atoms with van der Waals surface area (Å²) in [4.78, 5) is 0. The van der Waals surface area contributed by atoms with Crippen LogP contribution in [0.25, 0.3) is 0 Å². The van der Waals surface area contributed by atoms with E-state index in [4.69, 9.17) is 18.3 Å². The van der Waals surface area contributed by atoms with Crippen molar-refractivity contribution < 1.29 is 23.4 Å². The number of fused-ring (bicyclic) bond motifs is 5. The van der Waals surface area contributed by atoms with E-state index in [2.05, 4.69) is 25.1 Å². The largest absolute Gasteiger partial charge is 0.467 e. The van der Waals surface area contributed by atoms with E-state index in [0.29, 0.717) is 17.8 Å². The molecule has 2 fully saturated rings. The molecule has 3 aliphatic carbocycles. The van der Waals surface area contributed by atoms with Crippen molar-refractivity contribution in [2.75, 3.05) is 6.79 Å². The fourth-order valence-corrected chi connectivity index (χ4v) is 7.45. The Balaban J connectivity index is 1.38. The monoisotopic (exact) mass is 478 g/mol. The van der Waals surface area contributed by atoms with Crippen molar-refractivity contribution in [2.24, 2.45) is 17.3 Å². The molecule has 0 aromatic heterocycles. The van der Waals surface area contributed by atoms with Crippen molar-refractivity contribution in [3.8, 4) is 5.75 Å². The average Bonchev–Trinajstić information content (AvgIpc) is 3.00. The molecule has 6 heteroatoms. The lowest BCUT2D eigenvalue weighted by molar-refractivity contribution is -0.0226. The summed E-state index contributed by atoms with van der Waals surface area (Å²) in [6, 6.07) is 6.55. The first-order valence-corrected chi connectivity index (χ1v) is 13.7. The minimum Gasteiger partial charge on any atom is -0.467 e. The van der Waals surface area contributed by atoms with Crippen LogP contribution in [0.2, 0.25) is 0 Å². The van der Waals surface area contributed by atoms with E-state index < -0.39 is 8.60 Å². The molecule has 0 radical (unpaired) electrons. The Bertz CT molecular complexity index is 813. The maximum Gasteiger partial charge on any atom is 0.336 e. The molecule has 2 saturated carbocycles. The third-order valence-electron chi connectivity index (χ3n) is 7.73. The highest BCUT2D eigenvalue weighted by atomic mass is 31.2. The van der Waals surface area contributed by atoms with Crippen LogP contribution in [0.4, 0.5) is 0 Å². The average molecular weight is 479 g/mol. The van der Waals surface area contributed by atoms with E-state index in [1.165, 1.54) is 30.4 Å². The molecule has 33 heavy (non-hydrogen) atoms. The molecule has 0 spiro atoms. The molecule has 4 rings (SSSR count). The molecule has 1 N–H and O–H groups in total. The van der Waals surface area contributed by atoms with Gasteiger partial charge in [0.15, 0.2) is 6.79 Å². The van der Waals surface area contributed by atoms with Crippen LogP contribution in [0, 0.1) is 17.3 Å². The zero-order valence-corrected chi connectivity index (χ0v) is 22.4. The first-order valence-electron chi connectivity index (χ1n) is 12.6. The summed E-state index contributed by atoms with van der Waals surface area (Å²) in [7, 11) is -1.51. The van der Waals surface area contributed by atoms with Crippen LogP contribution in [0.1, 0.15) is 97.6 Å². The van der Waals surface area contributed by atoms with Gasteiger partial charge in [0.2, 0.25) is 0 Å². The summed E-state index contributed by atoms with van der Waals surface area (Å²) in [5.74, 6) is 2.82. The highest BCUT2D eigenvalue weighted by Gasteiger charge is 2.54. The van der Waals surface area contributed by atoms with Gasteiger partial charge in [-0.3, -0.25) is 4.52 Å². The van der Waals surface area contributed by atoms with Crippen LogP contribution in [0.3, 0.4) is 0 Å². The van der Waals surface area contributed by atoms with Crippen LogP contribution in [0.15, 0.2) is 18.2 Å². The highest BCUT2D eigenvalue weighted by molar-refractivity contribution is 7.41. The van der Waals surface area contributed by atoms with Gasteiger partial charge in [-0.25, -0.2) is 0 Å². The van der Waals surface area contributed by atoms with Crippen molar-refractivity contribution in [1.82, 2.24) is 0 Å². The Morgan fingerprint density at radius 3 is 2.36 bits per heavy atom. The molecular weight excluding hydrogens is 435 g/mol. The lowest BCUT2D eigenvalue weighted by Gasteiger charge is -2.50. The van der Waals surface area contributed by atoms with Crippen LogP contribution in [-0.4, -0.2) is 29.2 Å². The van der Waals surface area contributed by atoms with Gasteiger partial charge in [0.05, 0.1) is 17.3 Å². The maximum absolute atomic E-state index is 10.6. The molecule has 0 aliphatic heterocycles. The molecule has 5 atom stereocenters. The summed E-state index contributed by atoms with van der Waals surface area (Å²) >= 11 is 0. The first kappa shape index (κ1) is 25.4. The number of benzene rings is 1. The summed E-state index contributed by atoms with van der Waals surface area (Å²) in [5.41, 5.74) is 2.32. The van der Waals surface area contributed by atoms with Gasteiger partial charge in [-0.05, 0) is 126 Å². The van der Waals surface area contributed by atoms with Crippen molar-refractivity contribution >= 4 is 8.60 Å². The van der Waals surface area contributed by atoms with Crippen molar-refractivity contribution in [2.45, 2.75) is 110 Å². The second kappa shape index (κ2) is 9.39. The van der Waals surface area contributed by atoms with Crippen LogP contribution in [0.5, 0.6) is 5.75 Å². The fraction of sp³-hybridized carbons (Fsp3) is 0.778. The molecule has 5 nitrogen and oxygen atoms in total. The number of hydrogen-bond donors (Lipinski definition) is 1. The fourth-order valence-electron chi connectivity index (χ4n) is 6.28. The van der Waals surface area contributed by atoms with E-state index in [9.17, 15) is 5.11 Å². The summed E-state index contributed by atoms with van der Waals surface area (Å²) in [6.07, 6.45) is 6.67. The molecule has 5 unspecified atom stereocenters. The Morgan fingerprint density at radius 2 is 1.70 bits per heavy atom. The van der Waals surface area contributed by atoms with E-state index in [-0.39, 0.29) is 29.5 Å². The Morgan fingerprint density at radius 1 is 1.00 bits per heavy atom. The van der Waals surface area contributed by atoms with Gasteiger partial charge in [0.1, 0.15) is 5.75 Å². The van der Waals surface area contributed by atoms with E-state index in [1.807, 2.05) is 41.5 Å². The van der Waals surface area contributed by atoms with E-state index in [0.717, 1.165) is 25.0 Å². The van der Waals surface area contributed by atoms with Crippen molar-refractivity contribution in [3.63, 3.8) is 0 Å². The van der Waals surface area contributed by atoms with Crippen LogP contribution >= 0.6 is 8.60 Å². The van der Waals surface area contributed by atoms with Crippen molar-refractivity contribution in [3.05, 3.63) is 29.3 Å². The lowest BCUT2D eigenvalue weighted by Crippen LogP contribution is -2.43.